The number of fused-ring (bicyclic) bond motifs is 1. The fourth-order valence-corrected chi connectivity index (χ4v) is 3.81. The molecule has 3 aromatic carbocycles. The van der Waals surface area contributed by atoms with Gasteiger partial charge in [-0.05, 0) is 54.1 Å². The fourth-order valence-electron chi connectivity index (χ4n) is 3.81. The number of carbonyl (C=O) groups excluding carboxylic acids is 2. The summed E-state index contributed by atoms with van der Waals surface area (Å²) in [6.07, 6.45) is 0. The number of nitrogens with zero attached hydrogens (tertiary/aromatic N) is 1. The number of hydrogen-bond donors (Lipinski definition) is 1. The number of methoxy groups -OCH3 is 2. The molecule has 0 spiro atoms. The van der Waals surface area contributed by atoms with E-state index in [0.717, 1.165) is 0 Å². The van der Waals surface area contributed by atoms with E-state index in [1.165, 1.54) is 67.7 Å². The van der Waals surface area contributed by atoms with Gasteiger partial charge in [0, 0.05) is 16.8 Å². The molecule has 0 saturated carbocycles. The average Bonchev–Trinajstić information content (AvgIpc) is 2.94. The van der Waals surface area contributed by atoms with Crippen molar-refractivity contribution in [3.05, 3.63) is 89.0 Å². The number of carbonyl (C=O) groups is 2. The summed E-state index contributed by atoms with van der Waals surface area (Å²) in [7, 11) is 2.93. The summed E-state index contributed by atoms with van der Waals surface area (Å²) >= 11 is 0. The van der Waals surface area contributed by atoms with Crippen LogP contribution in [0.1, 0.15) is 27.5 Å². The van der Waals surface area contributed by atoms with Gasteiger partial charge in [-0.2, -0.15) is 0 Å². The van der Waals surface area contributed by atoms with E-state index in [4.69, 9.17) is 9.47 Å². The van der Waals surface area contributed by atoms with E-state index >= 15 is 0 Å². The van der Waals surface area contributed by atoms with Gasteiger partial charge in [-0.25, -0.2) is 8.78 Å². The molecule has 8 heteroatoms. The van der Waals surface area contributed by atoms with Crippen molar-refractivity contribution >= 4 is 17.5 Å². The third-order valence-electron chi connectivity index (χ3n) is 5.29. The number of anilines is 1. The molecule has 32 heavy (non-hydrogen) atoms. The molecule has 0 radical (unpaired) electrons. The van der Waals surface area contributed by atoms with E-state index < -0.39 is 29.5 Å². The van der Waals surface area contributed by atoms with Crippen molar-refractivity contribution in [1.82, 2.24) is 4.90 Å². The highest BCUT2D eigenvalue weighted by Gasteiger charge is 2.34. The first-order valence-corrected chi connectivity index (χ1v) is 9.79. The van der Waals surface area contributed by atoms with Crippen LogP contribution in [0, 0.1) is 11.6 Å². The van der Waals surface area contributed by atoms with Crippen LogP contribution in [0.15, 0.2) is 60.7 Å². The largest absolute Gasteiger partial charge is 0.493 e. The maximum Gasteiger partial charge on any atom is 0.255 e. The van der Waals surface area contributed by atoms with Crippen molar-refractivity contribution < 1.29 is 27.8 Å². The summed E-state index contributed by atoms with van der Waals surface area (Å²) < 4.78 is 38.3. The van der Waals surface area contributed by atoms with Gasteiger partial charge in [0.25, 0.3) is 5.91 Å². The lowest BCUT2D eigenvalue weighted by Gasteiger charge is -2.31. The quantitative estimate of drug-likeness (QED) is 0.664. The Morgan fingerprint density at radius 2 is 1.62 bits per heavy atom. The van der Waals surface area contributed by atoms with E-state index in [1.807, 2.05) is 0 Å². The lowest BCUT2D eigenvalue weighted by atomic mass is 9.95. The van der Waals surface area contributed by atoms with Crippen LogP contribution in [0.5, 0.6) is 11.5 Å². The summed E-state index contributed by atoms with van der Waals surface area (Å²) in [5.41, 5.74) is 1.55. The molecule has 1 heterocycles. The number of halogens is 2. The van der Waals surface area contributed by atoms with Gasteiger partial charge in [-0.3, -0.25) is 9.59 Å². The van der Waals surface area contributed by atoms with E-state index in [2.05, 4.69) is 5.32 Å². The van der Waals surface area contributed by atoms with Crippen LogP contribution in [-0.4, -0.2) is 37.5 Å². The minimum Gasteiger partial charge on any atom is -0.493 e. The van der Waals surface area contributed by atoms with Crippen LogP contribution in [0.2, 0.25) is 0 Å². The van der Waals surface area contributed by atoms with Crippen molar-refractivity contribution in [2.24, 2.45) is 0 Å². The van der Waals surface area contributed by atoms with Crippen LogP contribution < -0.4 is 14.8 Å². The second-order valence-electron chi connectivity index (χ2n) is 7.24. The molecule has 1 N–H and O–H groups in total. The van der Waals surface area contributed by atoms with Gasteiger partial charge >= 0.3 is 0 Å². The summed E-state index contributed by atoms with van der Waals surface area (Å²) in [6, 6.07) is 13.3. The predicted molar refractivity (Wildman–Crippen MR) is 114 cm³/mol. The van der Waals surface area contributed by atoms with Crippen molar-refractivity contribution in [3.63, 3.8) is 0 Å². The third kappa shape index (κ3) is 3.99. The van der Waals surface area contributed by atoms with Gasteiger partial charge < -0.3 is 19.7 Å². The van der Waals surface area contributed by atoms with Gasteiger partial charge in [0.15, 0.2) is 11.5 Å². The number of benzene rings is 3. The van der Waals surface area contributed by atoms with Gasteiger partial charge in [0.05, 0.1) is 20.3 Å². The Hall–Kier alpha value is -3.94. The summed E-state index contributed by atoms with van der Waals surface area (Å²) in [4.78, 5) is 27.5. The minimum atomic E-state index is -0.833. The summed E-state index contributed by atoms with van der Waals surface area (Å²) in [6.45, 7) is -0.286. The zero-order valence-electron chi connectivity index (χ0n) is 17.4. The topological polar surface area (TPSA) is 67.9 Å². The molecule has 1 atom stereocenters. The maximum absolute atomic E-state index is 14.2. The molecule has 0 fully saturated rings. The Bertz CT molecular complexity index is 1180. The summed E-state index contributed by atoms with van der Waals surface area (Å²) in [5, 5.41) is 2.72. The Kier molecular flexibility index (Phi) is 5.77. The Morgan fingerprint density at radius 1 is 0.938 bits per heavy atom. The molecule has 1 aliphatic heterocycles. The molecule has 3 aromatic rings. The van der Waals surface area contributed by atoms with Crippen LogP contribution in [0.25, 0.3) is 0 Å². The van der Waals surface area contributed by atoms with E-state index in [0.29, 0.717) is 28.3 Å². The third-order valence-corrected chi connectivity index (χ3v) is 5.29. The highest BCUT2D eigenvalue weighted by Crippen LogP contribution is 2.38. The van der Waals surface area contributed by atoms with Crippen molar-refractivity contribution in [2.45, 2.75) is 6.04 Å². The average molecular weight is 438 g/mol. The van der Waals surface area contributed by atoms with E-state index in [1.54, 1.807) is 12.1 Å². The minimum absolute atomic E-state index is 0.252. The zero-order valence-corrected chi connectivity index (χ0v) is 17.4. The van der Waals surface area contributed by atoms with Crippen molar-refractivity contribution in [2.75, 3.05) is 26.1 Å². The molecule has 1 unspecified atom stereocenters. The number of ether oxygens (including phenoxy) is 2. The highest BCUT2D eigenvalue weighted by molar-refractivity contribution is 6.01. The standard InChI is InChI=1S/C24H20F2N2O4/c1-31-20-10-5-15(11-21(20)32-2)24(30)28-13-22(29)27-19-9-8-17(26)12-18(19)23(28)14-3-6-16(25)7-4-14/h3-12,23H,13H2,1-2H3,(H,27,29). The summed E-state index contributed by atoms with van der Waals surface area (Å²) in [5.74, 6) is -1.09. The first-order valence-electron chi connectivity index (χ1n) is 9.79. The van der Waals surface area contributed by atoms with Gasteiger partial charge in [-0.1, -0.05) is 12.1 Å². The van der Waals surface area contributed by atoms with Gasteiger partial charge in [0.1, 0.15) is 18.2 Å². The molecule has 0 aliphatic carbocycles. The molecule has 0 bridgehead atoms. The van der Waals surface area contributed by atoms with E-state index in [-0.39, 0.29) is 12.1 Å². The first-order chi connectivity index (χ1) is 15.4. The van der Waals surface area contributed by atoms with Gasteiger partial charge in [0.2, 0.25) is 5.91 Å². The smallest absolute Gasteiger partial charge is 0.255 e. The second-order valence-corrected chi connectivity index (χ2v) is 7.24. The van der Waals surface area contributed by atoms with Crippen molar-refractivity contribution in [3.8, 4) is 11.5 Å². The molecule has 2 amide bonds. The van der Waals surface area contributed by atoms with Crippen LogP contribution >= 0.6 is 0 Å². The first kappa shape index (κ1) is 21.3. The molecule has 0 saturated heterocycles. The number of nitrogens with one attached hydrogen (secondary N) is 1. The Morgan fingerprint density at radius 3 is 2.31 bits per heavy atom. The molecule has 1 aliphatic rings. The number of amides is 2. The lowest BCUT2D eigenvalue weighted by molar-refractivity contribution is -0.117. The Labute approximate surface area is 183 Å². The fraction of sp³-hybridized carbons (Fsp3) is 0.167. The van der Waals surface area contributed by atoms with E-state index in [9.17, 15) is 18.4 Å². The SMILES string of the molecule is COc1ccc(C(=O)N2CC(=O)Nc3ccc(F)cc3C2c2ccc(F)cc2)cc1OC. The van der Waals surface area contributed by atoms with Crippen LogP contribution in [0.4, 0.5) is 14.5 Å². The predicted octanol–water partition coefficient (Wildman–Crippen LogP) is 4.17. The molecule has 4 rings (SSSR count). The molecule has 164 valence electrons. The highest BCUT2D eigenvalue weighted by atomic mass is 19.1. The monoisotopic (exact) mass is 438 g/mol. The maximum atomic E-state index is 14.2. The molecule has 6 nitrogen and oxygen atoms in total. The number of rotatable bonds is 4. The van der Waals surface area contributed by atoms with Crippen LogP contribution in [0.3, 0.4) is 0 Å². The molecule has 0 aromatic heterocycles. The van der Waals surface area contributed by atoms with Gasteiger partial charge in [-0.15, -0.1) is 0 Å². The Balaban J connectivity index is 1.87. The van der Waals surface area contributed by atoms with Crippen molar-refractivity contribution in [1.29, 1.82) is 0 Å². The molecular weight excluding hydrogens is 418 g/mol. The number of hydrogen-bond acceptors (Lipinski definition) is 4. The lowest BCUT2D eigenvalue weighted by Crippen LogP contribution is -2.39. The van der Waals surface area contributed by atoms with Crippen LogP contribution in [-0.2, 0) is 4.79 Å². The normalized spacial score (nSPS) is 15.4. The second kappa shape index (κ2) is 8.66. The molecular formula is C24H20F2N2O4. The zero-order chi connectivity index (χ0) is 22.8.